The fourth-order valence-corrected chi connectivity index (χ4v) is 3.30. The van der Waals surface area contributed by atoms with Crippen molar-refractivity contribution in [1.29, 1.82) is 0 Å². The van der Waals surface area contributed by atoms with Crippen molar-refractivity contribution in [3.05, 3.63) is 41.6 Å². The number of methoxy groups -OCH3 is 1. The van der Waals surface area contributed by atoms with Crippen LogP contribution in [0, 0.1) is 12.3 Å². The lowest BCUT2D eigenvalue weighted by molar-refractivity contribution is -0.142. The van der Waals surface area contributed by atoms with Crippen molar-refractivity contribution >= 4 is 17.6 Å². The van der Waals surface area contributed by atoms with E-state index >= 15 is 0 Å². The van der Waals surface area contributed by atoms with Crippen LogP contribution >= 0.6 is 0 Å². The maximum atomic E-state index is 13.0. The number of ether oxygens (including phenoxy) is 1. The molecular formula is C25H38N4O3. The molecule has 1 heterocycles. The Morgan fingerprint density at radius 1 is 1.12 bits per heavy atom. The Kier molecular flexibility index (Phi) is 8.24. The van der Waals surface area contributed by atoms with Gasteiger partial charge in [-0.1, -0.05) is 59.7 Å². The number of anilines is 1. The lowest BCUT2D eigenvalue weighted by Gasteiger charge is -2.29. The summed E-state index contributed by atoms with van der Waals surface area (Å²) in [6.07, 6.45) is 0.668. The summed E-state index contributed by atoms with van der Waals surface area (Å²) in [5, 5.41) is 7.78. The zero-order valence-electron chi connectivity index (χ0n) is 20.8. The molecule has 1 aromatic heterocycles. The third-order valence-electron chi connectivity index (χ3n) is 5.13. The van der Waals surface area contributed by atoms with E-state index in [1.54, 1.807) is 16.7 Å². The van der Waals surface area contributed by atoms with Crippen LogP contribution in [0.2, 0.25) is 0 Å². The van der Waals surface area contributed by atoms with E-state index in [1.165, 1.54) is 0 Å². The van der Waals surface area contributed by atoms with Crippen molar-refractivity contribution in [3.63, 3.8) is 0 Å². The van der Waals surface area contributed by atoms with E-state index in [9.17, 15) is 9.59 Å². The minimum Gasteiger partial charge on any atom is -0.385 e. The van der Waals surface area contributed by atoms with Crippen LogP contribution in [0.15, 0.2) is 30.3 Å². The van der Waals surface area contributed by atoms with Gasteiger partial charge in [-0.3, -0.25) is 9.59 Å². The van der Waals surface area contributed by atoms with Crippen molar-refractivity contribution in [2.24, 2.45) is 5.41 Å². The first-order valence-electron chi connectivity index (χ1n) is 11.1. The van der Waals surface area contributed by atoms with Gasteiger partial charge in [0.1, 0.15) is 5.82 Å². The second-order valence-corrected chi connectivity index (χ2v) is 10.2. The predicted molar refractivity (Wildman–Crippen MR) is 128 cm³/mol. The molecule has 0 fully saturated rings. The molecular weight excluding hydrogens is 404 g/mol. The smallest absolute Gasteiger partial charge is 0.245 e. The number of aromatic nitrogens is 2. The fraction of sp³-hybridized carbons (Fsp3) is 0.560. The van der Waals surface area contributed by atoms with Gasteiger partial charge in [0.15, 0.2) is 0 Å². The molecule has 0 atom stereocenters. The first-order valence-corrected chi connectivity index (χ1v) is 11.1. The molecule has 0 aliphatic rings. The van der Waals surface area contributed by atoms with Crippen LogP contribution in [-0.2, 0) is 19.7 Å². The molecule has 176 valence electrons. The van der Waals surface area contributed by atoms with Crippen LogP contribution < -0.4 is 5.32 Å². The molecule has 0 radical (unpaired) electrons. The van der Waals surface area contributed by atoms with E-state index in [0.717, 1.165) is 16.9 Å². The summed E-state index contributed by atoms with van der Waals surface area (Å²) in [5.41, 5.74) is 2.08. The van der Waals surface area contributed by atoms with Gasteiger partial charge in [-0.25, -0.2) is 4.68 Å². The van der Waals surface area contributed by atoms with Crippen molar-refractivity contribution < 1.29 is 14.3 Å². The van der Waals surface area contributed by atoms with Crippen molar-refractivity contribution in [2.75, 3.05) is 32.1 Å². The molecule has 7 heteroatoms. The predicted octanol–water partition coefficient (Wildman–Crippen LogP) is 4.33. The number of para-hydroxylation sites is 1. The molecule has 7 nitrogen and oxygen atoms in total. The summed E-state index contributed by atoms with van der Waals surface area (Å²) in [6.45, 7) is 14.8. The number of aryl methyl sites for hydroxylation is 1. The first-order chi connectivity index (χ1) is 14.8. The molecule has 32 heavy (non-hydrogen) atoms. The highest BCUT2D eigenvalue weighted by atomic mass is 16.5. The zero-order chi connectivity index (χ0) is 24.1. The number of nitrogens with zero attached hydrogens (tertiary/aromatic N) is 3. The molecule has 2 aromatic rings. The topological polar surface area (TPSA) is 76.5 Å². The monoisotopic (exact) mass is 442 g/mol. The summed E-state index contributed by atoms with van der Waals surface area (Å²) in [6, 6.07) is 9.82. The molecule has 0 spiro atoms. The van der Waals surface area contributed by atoms with Gasteiger partial charge in [0.25, 0.3) is 0 Å². The van der Waals surface area contributed by atoms with E-state index in [-0.39, 0.29) is 23.8 Å². The van der Waals surface area contributed by atoms with Gasteiger partial charge in [0.05, 0.1) is 17.9 Å². The molecule has 2 amide bonds. The van der Waals surface area contributed by atoms with Crippen LogP contribution in [0.1, 0.15) is 59.2 Å². The molecule has 1 N–H and O–H groups in total. The number of carbonyl (C=O) groups is 2. The lowest BCUT2D eigenvalue weighted by atomic mass is 9.92. The number of rotatable bonds is 8. The summed E-state index contributed by atoms with van der Waals surface area (Å²) < 4.78 is 6.89. The zero-order valence-corrected chi connectivity index (χ0v) is 20.8. The Bertz CT molecular complexity index is 935. The van der Waals surface area contributed by atoms with Gasteiger partial charge in [-0.15, -0.1) is 0 Å². The molecule has 0 unspecified atom stereocenters. The molecule has 0 aliphatic carbocycles. The largest absolute Gasteiger partial charge is 0.385 e. The van der Waals surface area contributed by atoms with Gasteiger partial charge >= 0.3 is 0 Å². The van der Waals surface area contributed by atoms with Gasteiger partial charge < -0.3 is 15.0 Å². The van der Waals surface area contributed by atoms with Gasteiger partial charge in [0.2, 0.25) is 11.8 Å². The first kappa shape index (κ1) is 25.6. The van der Waals surface area contributed by atoms with E-state index in [0.29, 0.717) is 25.4 Å². The highest BCUT2D eigenvalue weighted by molar-refractivity contribution is 5.95. The van der Waals surface area contributed by atoms with E-state index in [1.807, 2.05) is 58.0 Å². The average molecular weight is 443 g/mol. The van der Waals surface area contributed by atoms with Gasteiger partial charge in [0, 0.05) is 37.2 Å². The number of hydrogen-bond acceptors (Lipinski definition) is 4. The lowest BCUT2D eigenvalue weighted by Crippen LogP contribution is -2.44. The minimum atomic E-state index is -0.574. The molecule has 1 aromatic carbocycles. The van der Waals surface area contributed by atoms with E-state index in [4.69, 9.17) is 9.84 Å². The van der Waals surface area contributed by atoms with Gasteiger partial charge in [-0.05, 0) is 25.0 Å². The highest BCUT2D eigenvalue weighted by Crippen LogP contribution is 2.27. The van der Waals surface area contributed by atoms with E-state index < -0.39 is 5.41 Å². The molecule has 0 bridgehead atoms. The van der Waals surface area contributed by atoms with Crippen molar-refractivity contribution in [2.45, 2.75) is 60.3 Å². The Hall–Kier alpha value is -2.67. The SMILES string of the molecule is COCCCN(CC(=O)Nc1cc(C(C)(C)C)nn1-c1ccccc1C)C(=O)C(C)(C)C. The number of benzene rings is 1. The van der Waals surface area contributed by atoms with Crippen LogP contribution in [-0.4, -0.2) is 53.3 Å². The van der Waals surface area contributed by atoms with Crippen LogP contribution in [0.5, 0.6) is 0 Å². The number of amides is 2. The van der Waals surface area contributed by atoms with Gasteiger partial charge in [-0.2, -0.15) is 5.10 Å². The standard InChI is InChI=1S/C25H38N4O3/c1-18-12-9-10-13-19(18)29-21(16-20(27-29)24(2,3)4)26-22(30)17-28(14-11-15-32-8)23(31)25(5,6)7/h9-10,12-13,16H,11,14-15,17H2,1-8H3,(H,26,30). The van der Waals surface area contributed by atoms with E-state index in [2.05, 4.69) is 26.1 Å². The quantitative estimate of drug-likeness (QED) is 0.618. The normalized spacial score (nSPS) is 12.0. The Morgan fingerprint density at radius 3 is 2.34 bits per heavy atom. The Balaban J connectivity index is 2.31. The maximum Gasteiger partial charge on any atom is 0.245 e. The second kappa shape index (κ2) is 10.3. The van der Waals surface area contributed by atoms with Crippen molar-refractivity contribution in [1.82, 2.24) is 14.7 Å². The number of carbonyl (C=O) groups excluding carboxylic acids is 2. The summed E-state index contributed by atoms with van der Waals surface area (Å²) in [5.74, 6) is 0.274. The third kappa shape index (κ3) is 6.66. The highest BCUT2D eigenvalue weighted by Gasteiger charge is 2.29. The number of nitrogens with one attached hydrogen (secondary N) is 1. The fourth-order valence-electron chi connectivity index (χ4n) is 3.30. The van der Waals surface area contributed by atoms with Crippen molar-refractivity contribution in [3.8, 4) is 5.69 Å². The second-order valence-electron chi connectivity index (χ2n) is 10.2. The van der Waals surface area contributed by atoms with Crippen LogP contribution in [0.4, 0.5) is 5.82 Å². The maximum absolute atomic E-state index is 13.0. The Morgan fingerprint density at radius 2 is 1.78 bits per heavy atom. The Labute approximate surface area is 192 Å². The molecule has 0 aliphatic heterocycles. The molecule has 2 rings (SSSR count). The number of hydrogen-bond donors (Lipinski definition) is 1. The minimum absolute atomic E-state index is 0.0242. The summed E-state index contributed by atoms with van der Waals surface area (Å²) in [7, 11) is 1.63. The average Bonchev–Trinajstić information content (AvgIpc) is 3.10. The summed E-state index contributed by atoms with van der Waals surface area (Å²) >= 11 is 0. The van der Waals surface area contributed by atoms with Crippen LogP contribution in [0.3, 0.4) is 0 Å². The summed E-state index contributed by atoms with van der Waals surface area (Å²) in [4.78, 5) is 27.5. The third-order valence-corrected chi connectivity index (χ3v) is 5.13. The molecule has 0 saturated heterocycles. The van der Waals surface area contributed by atoms with Crippen LogP contribution in [0.25, 0.3) is 5.69 Å². The molecule has 0 saturated carbocycles.